The van der Waals surface area contributed by atoms with Crippen LogP contribution in [-0.2, 0) is 0 Å². The molecule has 0 radical (unpaired) electrons. The van der Waals surface area contributed by atoms with Crippen LogP contribution in [0.2, 0.25) is 0 Å². The lowest BCUT2D eigenvalue weighted by atomic mass is 10.2. The van der Waals surface area contributed by atoms with E-state index in [1.165, 1.54) is 19.3 Å². The third kappa shape index (κ3) is 6.71. The standard InChI is InChI=1S/C16H25Cl2NO/c1-2-3-4-5-14-20-16-8-6-15(7-9-16)19(12-10-17)13-11-18/h6-9H,2-5,10-14H2,1H3. The SMILES string of the molecule is CCCCCCOc1ccc(N(CCCl)CCCl)cc1. The molecule has 2 nitrogen and oxygen atoms in total. The summed E-state index contributed by atoms with van der Waals surface area (Å²) in [7, 11) is 0. The third-order valence-electron chi connectivity index (χ3n) is 3.18. The molecule has 0 aliphatic carbocycles. The van der Waals surface area contributed by atoms with Crippen LogP contribution in [0.5, 0.6) is 5.75 Å². The molecule has 0 spiro atoms. The normalized spacial score (nSPS) is 10.6. The maximum atomic E-state index is 5.81. The number of nitrogens with zero attached hydrogens (tertiary/aromatic N) is 1. The first kappa shape index (κ1) is 17.5. The Bertz CT molecular complexity index is 337. The molecule has 0 bridgehead atoms. The molecule has 4 heteroatoms. The van der Waals surface area contributed by atoms with Gasteiger partial charge in [-0.15, -0.1) is 23.2 Å². The van der Waals surface area contributed by atoms with Gasteiger partial charge in [-0.3, -0.25) is 0 Å². The van der Waals surface area contributed by atoms with Crippen molar-refractivity contribution in [2.75, 3.05) is 36.4 Å². The average Bonchev–Trinajstić information content (AvgIpc) is 2.47. The van der Waals surface area contributed by atoms with E-state index in [9.17, 15) is 0 Å². The Labute approximate surface area is 133 Å². The van der Waals surface area contributed by atoms with Gasteiger partial charge in [0, 0.05) is 30.5 Å². The quantitative estimate of drug-likeness (QED) is 0.424. The summed E-state index contributed by atoms with van der Waals surface area (Å²) in [6.07, 6.45) is 4.91. The van der Waals surface area contributed by atoms with Crippen LogP contribution >= 0.6 is 23.2 Å². The summed E-state index contributed by atoms with van der Waals surface area (Å²) in [5.41, 5.74) is 1.14. The number of unbranched alkanes of at least 4 members (excludes halogenated alkanes) is 3. The van der Waals surface area contributed by atoms with Crippen molar-refractivity contribution in [1.29, 1.82) is 0 Å². The zero-order chi connectivity index (χ0) is 14.6. The zero-order valence-corrected chi connectivity index (χ0v) is 13.8. The van der Waals surface area contributed by atoms with Gasteiger partial charge < -0.3 is 9.64 Å². The van der Waals surface area contributed by atoms with E-state index in [4.69, 9.17) is 27.9 Å². The highest BCUT2D eigenvalue weighted by Gasteiger charge is 2.05. The van der Waals surface area contributed by atoms with Crippen molar-refractivity contribution in [1.82, 2.24) is 0 Å². The summed E-state index contributed by atoms with van der Waals surface area (Å²) < 4.78 is 5.74. The fraction of sp³-hybridized carbons (Fsp3) is 0.625. The van der Waals surface area contributed by atoms with Crippen molar-refractivity contribution >= 4 is 28.9 Å². The third-order valence-corrected chi connectivity index (χ3v) is 3.52. The van der Waals surface area contributed by atoms with E-state index < -0.39 is 0 Å². The van der Waals surface area contributed by atoms with Crippen LogP contribution < -0.4 is 9.64 Å². The topological polar surface area (TPSA) is 12.5 Å². The Hall–Kier alpha value is -0.600. The van der Waals surface area contributed by atoms with Gasteiger partial charge in [0.15, 0.2) is 0 Å². The van der Waals surface area contributed by atoms with Gasteiger partial charge in [0.25, 0.3) is 0 Å². The van der Waals surface area contributed by atoms with Crippen LogP contribution in [0.1, 0.15) is 32.6 Å². The van der Waals surface area contributed by atoms with Gasteiger partial charge in [0.2, 0.25) is 0 Å². The minimum atomic E-state index is 0.604. The molecule has 1 rings (SSSR count). The van der Waals surface area contributed by atoms with E-state index in [1.807, 2.05) is 12.1 Å². The second kappa shape index (κ2) is 11.1. The fourth-order valence-corrected chi connectivity index (χ4v) is 2.45. The lowest BCUT2D eigenvalue weighted by Crippen LogP contribution is -2.27. The molecule has 0 saturated carbocycles. The second-order valence-electron chi connectivity index (χ2n) is 4.77. The van der Waals surface area contributed by atoms with E-state index in [-0.39, 0.29) is 0 Å². The van der Waals surface area contributed by atoms with E-state index >= 15 is 0 Å². The summed E-state index contributed by atoms with van der Waals surface area (Å²) in [5, 5.41) is 0. The number of anilines is 1. The average molecular weight is 318 g/mol. The van der Waals surface area contributed by atoms with Crippen molar-refractivity contribution < 1.29 is 4.74 Å². The van der Waals surface area contributed by atoms with E-state index in [1.54, 1.807) is 0 Å². The molecule has 0 atom stereocenters. The highest BCUT2D eigenvalue weighted by Crippen LogP contribution is 2.20. The predicted octanol–water partition coefficient (Wildman–Crippen LogP) is 4.93. The summed E-state index contributed by atoms with van der Waals surface area (Å²) >= 11 is 11.6. The Morgan fingerprint density at radius 1 is 0.950 bits per heavy atom. The van der Waals surface area contributed by atoms with Gasteiger partial charge in [-0.25, -0.2) is 0 Å². The van der Waals surface area contributed by atoms with Crippen LogP contribution in [0.15, 0.2) is 24.3 Å². The molecule has 20 heavy (non-hydrogen) atoms. The molecule has 0 unspecified atom stereocenters. The predicted molar refractivity (Wildman–Crippen MR) is 89.7 cm³/mol. The van der Waals surface area contributed by atoms with Crippen molar-refractivity contribution in [3.8, 4) is 5.75 Å². The molecule has 1 aromatic carbocycles. The van der Waals surface area contributed by atoms with Crippen molar-refractivity contribution in [3.63, 3.8) is 0 Å². The van der Waals surface area contributed by atoms with E-state index in [2.05, 4.69) is 24.0 Å². The van der Waals surface area contributed by atoms with Gasteiger partial charge in [-0.1, -0.05) is 26.2 Å². The highest BCUT2D eigenvalue weighted by atomic mass is 35.5. The molecule has 0 amide bonds. The molecule has 0 aromatic heterocycles. The molecular weight excluding hydrogens is 293 g/mol. The summed E-state index contributed by atoms with van der Waals surface area (Å²) in [6, 6.07) is 8.18. The minimum Gasteiger partial charge on any atom is -0.494 e. The van der Waals surface area contributed by atoms with Crippen LogP contribution in [0.25, 0.3) is 0 Å². The number of hydrogen-bond donors (Lipinski definition) is 0. The molecule has 114 valence electrons. The molecule has 1 aromatic rings. The van der Waals surface area contributed by atoms with Crippen LogP contribution in [-0.4, -0.2) is 31.5 Å². The molecule has 0 aliphatic rings. The minimum absolute atomic E-state index is 0.604. The lowest BCUT2D eigenvalue weighted by molar-refractivity contribution is 0.305. The molecule has 0 fully saturated rings. The lowest BCUT2D eigenvalue weighted by Gasteiger charge is -2.23. The summed E-state index contributed by atoms with van der Waals surface area (Å²) in [5.74, 6) is 2.14. The van der Waals surface area contributed by atoms with E-state index in [0.29, 0.717) is 11.8 Å². The highest BCUT2D eigenvalue weighted by molar-refractivity contribution is 6.18. The fourth-order valence-electron chi connectivity index (χ4n) is 2.05. The number of ether oxygens (including phenoxy) is 1. The first-order valence-electron chi connectivity index (χ1n) is 7.41. The number of hydrogen-bond acceptors (Lipinski definition) is 2. The number of rotatable bonds is 11. The summed E-state index contributed by atoms with van der Waals surface area (Å²) in [6.45, 7) is 4.64. The second-order valence-corrected chi connectivity index (χ2v) is 5.52. The first-order chi connectivity index (χ1) is 9.81. The van der Waals surface area contributed by atoms with Gasteiger partial charge in [-0.05, 0) is 30.7 Å². The van der Waals surface area contributed by atoms with Crippen LogP contribution in [0.4, 0.5) is 5.69 Å². The first-order valence-corrected chi connectivity index (χ1v) is 8.48. The zero-order valence-electron chi connectivity index (χ0n) is 12.3. The Morgan fingerprint density at radius 3 is 2.15 bits per heavy atom. The van der Waals surface area contributed by atoms with Gasteiger partial charge >= 0.3 is 0 Å². The number of benzene rings is 1. The van der Waals surface area contributed by atoms with Gasteiger partial charge in [0.05, 0.1) is 6.61 Å². The smallest absolute Gasteiger partial charge is 0.119 e. The number of halogens is 2. The van der Waals surface area contributed by atoms with Crippen LogP contribution in [0, 0.1) is 0 Å². The maximum Gasteiger partial charge on any atom is 0.119 e. The summed E-state index contributed by atoms with van der Waals surface area (Å²) in [4.78, 5) is 2.19. The van der Waals surface area contributed by atoms with Crippen molar-refractivity contribution in [2.24, 2.45) is 0 Å². The Balaban J connectivity index is 2.41. The van der Waals surface area contributed by atoms with Gasteiger partial charge in [-0.2, -0.15) is 0 Å². The maximum absolute atomic E-state index is 5.81. The monoisotopic (exact) mass is 317 g/mol. The van der Waals surface area contributed by atoms with Gasteiger partial charge in [0.1, 0.15) is 5.75 Å². The Morgan fingerprint density at radius 2 is 1.60 bits per heavy atom. The molecule has 0 saturated heterocycles. The largest absolute Gasteiger partial charge is 0.494 e. The molecule has 0 aliphatic heterocycles. The Kier molecular flexibility index (Phi) is 9.69. The van der Waals surface area contributed by atoms with E-state index in [0.717, 1.165) is 37.6 Å². The van der Waals surface area contributed by atoms with Crippen molar-refractivity contribution in [2.45, 2.75) is 32.6 Å². The molecular formula is C16H25Cl2NO. The van der Waals surface area contributed by atoms with Crippen LogP contribution in [0.3, 0.4) is 0 Å². The number of alkyl halides is 2. The van der Waals surface area contributed by atoms with Crippen molar-refractivity contribution in [3.05, 3.63) is 24.3 Å². The molecule has 0 heterocycles. The molecule has 0 N–H and O–H groups in total.